The summed E-state index contributed by atoms with van der Waals surface area (Å²) in [5.41, 5.74) is 12.2. The lowest BCUT2D eigenvalue weighted by Crippen LogP contribution is -2.04. The highest BCUT2D eigenvalue weighted by Gasteiger charge is 2.16. The van der Waals surface area contributed by atoms with Crippen molar-refractivity contribution in [2.45, 2.75) is 19.8 Å². The summed E-state index contributed by atoms with van der Waals surface area (Å²) in [7, 11) is 1.61. The minimum atomic E-state index is 0.00339. The van der Waals surface area contributed by atoms with Gasteiger partial charge in [-0.1, -0.05) is 25.4 Å². The Morgan fingerprint density at radius 2 is 1.90 bits per heavy atom. The normalized spacial score (nSPS) is 10.7. The molecule has 2 rings (SSSR count). The maximum atomic E-state index is 6.01. The number of aromatic nitrogens is 2. The third kappa shape index (κ3) is 3.28. The highest BCUT2D eigenvalue weighted by atomic mass is 35.5. The molecule has 0 fully saturated rings. The van der Waals surface area contributed by atoms with Crippen molar-refractivity contribution in [2.75, 3.05) is 18.6 Å². The van der Waals surface area contributed by atoms with Crippen LogP contribution in [-0.2, 0) is 0 Å². The van der Waals surface area contributed by atoms with Crippen LogP contribution < -0.4 is 20.9 Å². The fourth-order valence-electron chi connectivity index (χ4n) is 1.86. The van der Waals surface area contributed by atoms with E-state index in [-0.39, 0.29) is 28.6 Å². The molecule has 1 aromatic heterocycles. The fraction of sp³-hybridized carbons (Fsp3) is 0.286. The Morgan fingerprint density at radius 3 is 2.48 bits per heavy atom. The molecular formula is C14H17ClN4O2. The standard InChI is InChI=1S/C14H17ClN4O2/c1-7(2)9-6-8(20-3)4-5-10(9)21-11-12(15)18-14(17)19-13(11)16/h4-7H,1-3H3,(H4,16,17,18,19). The van der Waals surface area contributed by atoms with Gasteiger partial charge in [0.2, 0.25) is 11.7 Å². The van der Waals surface area contributed by atoms with Crippen molar-refractivity contribution in [1.29, 1.82) is 0 Å². The minimum absolute atomic E-state index is 0.00339. The molecule has 0 unspecified atom stereocenters. The van der Waals surface area contributed by atoms with E-state index in [4.69, 9.17) is 32.5 Å². The molecule has 0 spiro atoms. The summed E-state index contributed by atoms with van der Waals surface area (Å²) in [6, 6.07) is 5.49. The van der Waals surface area contributed by atoms with Crippen LogP contribution in [0.25, 0.3) is 0 Å². The lowest BCUT2D eigenvalue weighted by atomic mass is 10.0. The third-order valence-electron chi connectivity index (χ3n) is 2.92. The second-order valence-electron chi connectivity index (χ2n) is 4.75. The van der Waals surface area contributed by atoms with Crippen LogP contribution in [0.3, 0.4) is 0 Å². The highest BCUT2D eigenvalue weighted by molar-refractivity contribution is 6.31. The van der Waals surface area contributed by atoms with E-state index in [0.717, 1.165) is 11.3 Å². The highest BCUT2D eigenvalue weighted by Crippen LogP contribution is 2.37. The van der Waals surface area contributed by atoms with Gasteiger partial charge in [-0.05, 0) is 24.1 Å². The zero-order chi connectivity index (χ0) is 15.6. The molecule has 0 aliphatic carbocycles. The van der Waals surface area contributed by atoms with Crippen LogP contribution in [0.2, 0.25) is 5.15 Å². The van der Waals surface area contributed by atoms with Crippen LogP contribution in [0.4, 0.5) is 11.8 Å². The van der Waals surface area contributed by atoms with Crippen LogP contribution >= 0.6 is 11.6 Å². The maximum absolute atomic E-state index is 6.01. The van der Waals surface area contributed by atoms with Gasteiger partial charge in [-0.2, -0.15) is 9.97 Å². The molecule has 4 N–H and O–H groups in total. The Hall–Kier alpha value is -2.21. The Labute approximate surface area is 128 Å². The van der Waals surface area contributed by atoms with Gasteiger partial charge in [0.15, 0.2) is 11.0 Å². The Morgan fingerprint density at radius 1 is 1.19 bits per heavy atom. The predicted octanol–water partition coefficient (Wildman–Crippen LogP) is 3.22. The Balaban J connectivity index is 2.44. The largest absolute Gasteiger partial charge is 0.497 e. The summed E-state index contributed by atoms with van der Waals surface area (Å²) < 4.78 is 11.0. The summed E-state index contributed by atoms with van der Waals surface area (Å²) in [5.74, 6) is 1.89. The van der Waals surface area contributed by atoms with Crippen molar-refractivity contribution < 1.29 is 9.47 Å². The third-order valence-corrected chi connectivity index (χ3v) is 3.17. The Bertz CT molecular complexity index is 638. The molecule has 0 atom stereocenters. The molecule has 0 aliphatic rings. The zero-order valence-corrected chi connectivity index (χ0v) is 12.8. The topological polar surface area (TPSA) is 96.3 Å². The summed E-state index contributed by atoms with van der Waals surface area (Å²) in [4.78, 5) is 7.69. The lowest BCUT2D eigenvalue weighted by Gasteiger charge is -2.16. The van der Waals surface area contributed by atoms with Gasteiger partial charge >= 0.3 is 0 Å². The first kappa shape index (κ1) is 15.2. The summed E-state index contributed by atoms with van der Waals surface area (Å²) in [6.07, 6.45) is 0. The lowest BCUT2D eigenvalue weighted by molar-refractivity contribution is 0.411. The molecule has 0 radical (unpaired) electrons. The molecule has 0 saturated heterocycles. The maximum Gasteiger partial charge on any atom is 0.223 e. The average molecular weight is 309 g/mol. The number of nitrogen functional groups attached to an aromatic ring is 2. The van der Waals surface area contributed by atoms with Crippen LogP contribution in [0, 0.1) is 0 Å². The quantitative estimate of drug-likeness (QED) is 0.842. The molecule has 1 heterocycles. The minimum Gasteiger partial charge on any atom is -0.497 e. The van der Waals surface area contributed by atoms with Gasteiger partial charge in [-0.3, -0.25) is 0 Å². The van der Waals surface area contributed by atoms with Gasteiger partial charge in [0.05, 0.1) is 7.11 Å². The fourth-order valence-corrected chi connectivity index (χ4v) is 2.08. The molecule has 0 bridgehead atoms. The second kappa shape index (κ2) is 6.05. The Kier molecular flexibility index (Phi) is 4.37. The second-order valence-corrected chi connectivity index (χ2v) is 5.11. The first-order valence-electron chi connectivity index (χ1n) is 6.36. The van der Waals surface area contributed by atoms with Crippen LogP contribution in [-0.4, -0.2) is 17.1 Å². The van der Waals surface area contributed by atoms with Crippen molar-refractivity contribution in [1.82, 2.24) is 9.97 Å². The SMILES string of the molecule is COc1ccc(Oc2c(N)nc(N)nc2Cl)c(C(C)C)c1. The number of nitrogens with zero attached hydrogens (tertiary/aromatic N) is 2. The van der Waals surface area contributed by atoms with Crippen molar-refractivity contribution in [3.05, 3.63) is 28.9 Å². The van der Waals surface area contributed by atoms with E-state index in [2.05, 4.69) is 9.97 Å². The first-order valence-corrected chi connectivity index (χ1v) is 6.74. The van der Waals surface area contributed by atoms with Gasteiger partial charge in [0.25, 0.3) is 0 Å². The molecule has 1 aromatic carbocycles. The smallest absolute Gasteiger partial charge is 0.223 e. The monoisotopic (exact) mass is 308 g/mol. The predicted molar refractivity (Wildman–Crippen MR) is 83.0 cm³/mol. The van der Waals surface area contributed by atoms with Gasteiger partial charge in [-0.15, -0.1) is 0 Å². The molecule has 7 heteroatoms. The van der Waals surface area contributed by atoms with E-state index in [0.29, 0.717) is 5.75 Å². The molecule has 6 nitrogen and oxygen atoms in total. The number of hydrogen-bond acceptors (Lipinski definition) is 6. The van der Waals surface area contributed by atoms with Crippen molar-refractivity contribution in [3.63, 3.8) is 0 Å². The first-order chi connectivity index (χ1) is 9.92. The molecule has 2 aromatic rings. The van der Waals surface area contributed by atoms with E-state index in [1.807, 2.05) is 19.9 Å². The van der Waals surface area contributed by atoms with Crippen molar-refractivity contribution >= 4 is 23.4 Å². The van der Waals surface area contributed by atoms with E-state index in [9.17, 15) is 0 Å². The number of methoxy groups -OCH3 is 1. The van der Waals surface area contributed by atoms with Crippen LogP contribution in [0.1, 0.15) is 25.3 Å². The van der Waals surface area contributed by atoms with E-state index < -0.39 is 0 Å². The van der Waals surface area contributed by atoms with E-state index in [1.165, 1.54) is 0 Å². The molecule has 0 amide bonds. The zero-order valence-electron chi connectivity index (χ0n) is 12.1. The van der Waals surface area contributed by atoms with E-state index in [1.54, 1.807) is 19.2 Å². The number of benzene rings is 1. The van der Waals surface area contributed by atoms with E-state index >= 15 is 0 Å². The number of nitrogens with two attached hydrogens (primary N) is 2. The molecular weight excluding hydrogens is 292 g/mol. The van der Waals surface area contributed by atoms with Gasteiger partial charge in [0.1, 0.15) is 11.5 Å². The number of ether oxygens (including phenoxy) is 2. The number of anilines is 2. The summed E-state index contributed by atoms with van der Waals surface area (Å²) in [6.45, 7) is 4.10. The summed E-state index contributed by atoms with van der Waals surface area (Å²) in [5, 5.41) is 0.0746. The molecule has 0 aliphatic heterocycles. The van der Waals surface area contributed by atoms with Crippen molar-refractivity contribution in [3.8, 4) is 17.2 Å². The van der Waals surface area contributed by atoms with Crippen LogP contribution in [0.5, 0.6) is 17.2 Å². The van der Waals surface area contributed by atoms with Gasteiger partial charge in [0, 0.05) is 5.56 Å². The van der Waals surface area contributed by atoms with Gasteiger partial charge in [-0.25, -0.2) is 0 Å². The van der Waals surface area contributed by atoms with Crippen LogP contribution in [0.15, 0.2) is 18.2 Å². The van der Waals surface area contributed by atoms with Crippen molar-refractivity contribution in [2.24, 2.45) is 0 Å². The summed E-state index contributed by atoms with van der Waals surface area (Å²) >= 11 is 6.01. The molecule has 112 valence electrons. The molecule has 0 saturated carbocycles. The average Bonchev–Trinajstić information content (AvgIpc) is 2.42. The number of rotatable bonds is 4. The van der Waals surface area contributed by atoms with Gasteiger partial charge < -0.3 is 20.9 Å². The molecule has 21 heavy (non-hydrogen) atoms. The number of halogens is 1. The number of hydrogen-bond donors (Lipinski definition) is 2.